The third-order valence-corrected chi connectivity index (χ3v) is 6.23. The summed E-state index contributed by atoms with van der Waals surface area (Å²) in [6, 6.07) is 10.1. The number of fused-ring (bicyclic) bond motifs is 1. The third kappa shape index (κ3) is 4.65. The van der Waals surface area contributed by atoms with Gasteiger partial charge in [0, 0.05) is 36.1 Å². The second kappa shape index (κ2) is 8.94. The van der Waals surface area contributed by atoms with Crippen molar-refractivity contribution in [3.05, 3.63) is 59.3 Å². The summed E-state index contributed by atoms with van der Waals surface area (Å²) >= 11 is 0. The van der Waals surface area contributed by atoms with Crippen LogP contribution in [0.3, 0.4) is 0 Å². The number of aromatic nitrogens is 2. The predicted molar refractivity (Wildman–Crippen MR) is 122 cm³/mol. The van der Waals surface area contributed by atoms with Crippen LogP contribution in [0.4, 0.5) is 24.7 Å². The van der Waals surface area contributed by atoms with E-state index in [2.05, 4.69) is 44.5 Å². The molecule has 0 radical (unpaired) electrons. The summed E-state index contributed by atoms with van der Waals surface area (Å²) in [5.74, 6) is 0.570. The maximum absolute atomic E-state index is 13.4. The fourth-order valence-electron chi connectivity index (χ4n) is 4.39. The molecule has 2 heterocycles. The van der Waals surface area contributed by atoms with Crippen molar-refractivity contribution in [2.75, 3.05) is 43.4 Å². The van der Waals surface area contributed by atoms with Crippen molar-refractivity contribution in [1.29, 1.82) is 0 Å². The first-order valence-electron chi connectivity index (χ1n) is 10.9. The average molecular weight is 444 g/mol. The summed E-state index contributed by atoms with van der Waals surface area (Å²) in [6.07, 6.45) is -1.57. The normalized spacial score (nSPS) is 16.8. The highest BCUT2D eigenvalue weighted by Gasteiger charge is 2.33. The highest BCUT2D eigenvalue weighted by Crippen LogP contribution is 2.35. The van der Waals surface area contributed by atoms with Crippen LogP contribution in [0.5, 0.6) is 0 Å². The lowest BCUT2D eigenvalue weighted by Gasteiger charge is -2.24. The first-order valence-corrected chi connectivity index (χ1v) is 10.9. The van der Waals surface area contributed by atoms with Gasteiger partial charge in [-0.15, -0.1) is 5.10 Å². The van der Waals surface area contributed by atoms with E-state index in [0.29, 0.717) is 11.4 Å². The maximum atomic E-state index is 13.4. The Labute approximate surface area is 186 Å². The molecule has 1 aliphatic rings. The molecule has 1 saturated heterocycles. The second-order valence-corrected chi connectivity index (χ2v) is 8.49. The van der Waals surface area contributed by atoms with E-state index in [1.165, 1.54) is 13.0 Å². The Morgan fingerprint density at radius 1 is 1.06 bits per heavy atom. The average Bonchev–Trinajstić information content (AvgIpc) is 2.97. The quantitative estimate of drug-likeness (QED) is 0.595. The summed E-state index contributed by atoms with van der Waals surface area (Å²) in [5, 5.41) is 13.5. The second-order valence-electron chi connectivity index (χ2n) is 8.49. The molecule has 1 aliphatic heterocycles. The van der Waals surface area contributed by atoms with Gasteiger partial charge in [0.05, 0.1) is 17.8 Å². The van der Waals surface area contributed by atoms with Crippen LogP contribution in [0.2, 0.25) is 0 Å². The lowest BCUT2D eigenvalue weighted by atomic mass is 9.97. The molecule has 0 bridgehead atoms. The molecule has 0 aliphatic carbocycles. The molecule has 3 aromatic rings. The molecule has 2 aromatic carbocycles. The standard InChI is InChI=1S/C24H28F3N5/c1-16-20(6-4-7-22(16)24(25,26)27)17(2)29-23-21-14-19(9-8-18(21)15-28-30-23)32-11-5-10-31(3)12-13-32/h4,6-9,14-15,17H,5,10-13H2,1-3H3,(H,29,30)/t17-/m1/s1. The SMILES string of the molecule is Cc1c([C@@H](C)Nc2nncc3ccc(N4CCCN(C)CC4)cc23)cccc1C(F)(F)F. The van der Waals surface area contributed by atoms with Gasteiger partial charge in [0.1, 0.15) is 0 Å². The number of likely N-dealkylation sites (N-methyl/N-ethyl adjacent to an activating group) is 1. The van der Waals surface area contributed by atoms with Gasteiger partial charge >= 0.3 is 6.18 Å². The van der Waals surface area contributed by atoms with E-state index in [0.717, 1.165) is 55.1 Å². The molecule has 170 valence electrons. The third-order valence-electron chi connectivity index (χ3n) is 6.23. The van der Waals surface area contributed by atoms with Crippen LogP contribution in [0.1, 0.15) is 36.1 Å². The maximum Gasteiger partial charge on any atom is 0.416 e. The fourth-order valence-corrected chi connectivity index (χ4v) is 4.39. The largest absolute Gasteiger partial charge is 0.416 e. The zero-order valence-electron chi connectivity index (χ0n) is 18.6. The van der Waals surface area contributed by atoms with Gasteiger partial charge in [0.2, 0.25) is 0 Å². The van der Waals surface area contributed by atoms with Gasteiger partial charge in [-0.3, -0.25) is 0 Å². The van der Waals surface area contributed by atoms with Crippen LogP contribution < -0.4 is 10.2 Å². The van der Waals surface area contributed by atoms with Crippen LogP contribution in [-0.2, 0) is 6.18 Å². The van der Waals surface area contributed by atoms with Crippen molar-refractivity contribution in [3.8, 4) is 0 Å². The molecule has 0 saturated carbocycles. The number of hydrogen-bond donors (Lipinski definition) is 1. The Morgan fingerprint density at radius 2 is 1.88 bits per heavy atom. The molecule has 5 nitrogen and oxygen atoms in total. The van der Waals surface area contributed by atoms with Gasteiger partial charge in [-0.25, -0.2) is 0 Å². The van der Waals surface area contributed by atoms with E-state index < -0.39 is 11.7 Å². The highest BCUT2D eigenvalue weighted by molar-refractivity contribution is 5.93. The number of alkyl halides is 3. The van der Waals surface area contributed by atoms with Gasteiger partial charge in [0.25, 0.3) is 0 Å². The number of hydrogen-bond acceptors (Lipinski definition) is 5. The van der Waals surface area contributed by atoms with Gasteiger partial charge in [0.15, 0.2) is 5.82 Å². The van der Waals surface area contributed by atoms with E-state index in [-0.39, 0.29) is 11.6 Å². The van der Waals surface area contributed by atoms with Gasteiger partial charge < -0.3 is 15.1 Å². The minimum absolute atomic E-state index is 0.225. The van der Waals surface area contributed by atoms with Crippen molar-refractivity contribution < 1.29 is 13.2 Å². The lowest BCUT2D eigenvalue weighted by Crippen LogP contribution is -2.28. The number of nitrogens with zero attached hydrogens (tertiary/aromatic N) is 4. The minimum Gasteiger partial charge on any atom is -0.370 e. The van der Waals surface area contributed by atoms with Crippen LogP contribution in [0.15, 0.2) is 42.6 Å². The summed E-state index contributed by atoms with van der Waals surface area (Å²) in [5.41, 5.74) is 1.32. The van der Waals surface area contributed by atoms with Crippen molar-refractivity contribution in [2.24, 2.45) is 0 Å². The smallest absolute Gasteiger partial charge is 0.370 e. The molecular weight excluding hydrogens is 415 g/mol. The van der Waals surface area contributed by atoms with Crippen molar-refractivity contribution in [2.45, 2.75) is 32.5 Å². The topological polar surface area (TPSA) is 44.3 Å². The Bertz CT molecular complexity index is 1100. The Balaban J connectivity index is 1.65. The summed E-state index contributed by atoms with van der Waals surface area (Å²) in [7, 11) is 2.14. The summed E-state index contributed by atoms with van der Waals surface area (Å²) in [6.45, 7) is 7.37. The predicted octanol–water partition coefficient (Wildman–Crippen LogP) is 5.27. The zero-order valence-corrected chi connectivity index (χ0v) is 18.6. The number of halogens is 3. The van der Waals surface area contributed by atoms with Gasteiger partial charge in [-0.2, -0.15) is 18.3 Å². The van der Waals surface area contributed by atoms with E-state index in [9.17, 15) is 13.2 Å². The molecule has 0 unspecified atom stereocenters. The number of rotatable bonds is 4. The first kappa shape index (κ1) is 22.3. The molecule has 4 rings (SSSR count). The lowest BCUT2D eigenvalue weighted by molar-refractivity contribution is -0.138. The van der Waals surface area contributed by atoms with E-state index in [1.54, 1.807) is 12.3 Å². The Morgan fingerprint density at radius 3 is 2.66 bits per heavy atom. The van der Waals surface area contributed by atoms with Crippen molar-refractivity contribution in [3.63, 3.8) is 0 Å². The molecule has 0 spiro atoms. The fraction of sp³-hybridized carbons (Fsp3) is 0.417. The Kier molecular flexibility index (Phi) is 6.24. The van der Waals surface area contributed by atoms with Gasteiger partial charge in [-0.1, -0.05) is 18.2 Å². The molecular formula is C24H28F3N5. The van der Waals surface area contributed by atoms with Crippen LogP contribution in [-0.4, -0.2) is 48.3 Å². The molecule has 8 heteroatoms. The minimum atomic E-state index is -4.38. The van der Waals surface area contributed by atoms with E-state index in [1.807, 2.05) is 13.0 Å². The molecule has 1 N–H and O–H groups in total. The zero-order chi connectivity index (χ0) is 22.9. The summed E-state index contributed by atoms with van der Waals surface area (Å²) < 4.78 is 40.1. The van der Waals surface area contributed by atoms with Crippen LogP contribution in [0.25, 0.3) is 10.8 Å². The Hall–Kier alpha value is -2.87. The van der Waals surface area contributed by atoms with E-state index in [4.69, 9.17) is 0 Å². The van der Waals surface area contributed by atoms with Crippen molar-refractivity contribution in [1.82, 2.24) is 15.1 Å². The van der Waals surface area contributed by atoms with Gasteiger partial charge in [-0.05, 0) is 63.2 Å². The highest BCUT2D eigenvalue weighted by atomic mass is 19.4. The monoisotopic (exact) mass is 443 g/mol. The number of benzene rings is 2. The number of nitrogens with one attached hydrogen (secondary N) is 1. The molecule has 0 amide bonds. The molecule has 1 aromatic heterocycles. The number of anilines is 2. The van der Waals surface area contributed by atoms with Crippen LogP contribution >= 0.6 is 0 Å². The van der Waals surface area contributed by atoms with E-state index >= 15 is 0 Å². The first-order chi connectivity index (χ1) is 15.2. The molecule has 32 heavy (non-hydrogen) atoms. The summed E-state index contributed by atoms with van der Waals surface area (Å²) in [4.78, 5) is 4.70. The van der Waals surface area contributed by atoms with Crippen molar-refractivity contribution >= 4 is 22.3 Å². The van der Waals surface area contributed by atoms with Crippen LogP contribution in [0, 0.1) is 6.92 Å². The molecule has 1 atom stereocenters. The molecule has 1 fully saturated rings.